The van der Waals surface area contributed by atoms with Crippen LogP contribution < -0.4 is 10.0 Å². The molecule has 112 valence electrons. The van der Waals surface area contributed by atoms with E-state index in [9.17, 15) is 13.2 Å². The molecule has 0 atom stereocenters. The molecule has 0 amide bonds. The molecule has 0 aromatic heterocycles. The van der Waals surface area contributed by atoms with E-state index in [0.717, 1.165) is 6.26 Å². The van der Waals surface area contributed by atoms with E-state index in [-0.39, 0.29) is 5.56 Å². The third-order valence-corrected chi connectivity index (χ3v) is 3.72. The van der Waals surface area contributed by atoms with E-state index >= 15 is 0 Å². The van der Waals surface area contributed by atoms with Gasteiger partial charge in [-0.2, -0.15) is 0 Å². The van der Waals surface area contributed by atoms with Crippen LogP contribution in [0, 0.1) is 0 Å². The van der Waals surface area contributed by atoms with Crippen LogP contribution in [0.1, 0.15) is 24.2 Å². The molecule has 0 saturated heterocycles. The standard InChI is InChI=1S/C12H17BrN2O4S/c1-12(2,15-20(3,18)19)7-14-10-5-8(11(16)17)4-9(13)6-10/h4-6,14-15H,7H2,1-3H3,(H,16,17). The number of sulfonamides is 1. The van der Waals surface area contributed by atoms with Gasteiger partial charge in [0.05, 0.1) is 11.8 Å². The van der Waals surface area contributed by atoms with Crippen LogP contribution in [0.2, 0.25) is 0 Å². The summed E-state index contributed by atoms with van der Waals surface area (Å²) >= 11 is 3.24. The molecule has 0 aliphatic carbocycles. The summed E-state index contributed by atoms with van der Waals surface area (Å²) in [6.45, 7) is 3.78. The van der Waals surface area contributed by atoms with Gasteiger partial charge in [0.2, 0.25) is 10.0 Å². The number of aromatic carboxylic acids is 1. The number of halogens is 1. The first-order valence-corrected chi connectivity index (χ1v) is 8.44. The highest BCUT2D eigenvalue weighted by Crippen LogP contribution is 2.20. The van der Waals surface area contributed by atoms with Crippen molar-refractivity contribution in [3.05, 3.63) is 28.2 Å². The van der Waals surface area contributed by atoms with Gasteiger partial charge in [0.15, 0.2) is 0 Å². The Balaban J connectivity index is 2.82. The van der Waals surface area contributed by atoms with Gasteiger partial charge in [0.25, 0.3) is 0 Å². The molecule has 3 N–H and O–H groups in total. The zero-order valence-electron chi connectivity index (χ0n) is 11.4. The van der Waals surface area contributed by atoms with E-state index in [4.69, 9.17) is 5.11 Å². The van der Waals surface area contributed by atoms with E-state index in [1.54, 1.807) is 19.9 Å². The Morgan fingerprint density at radius 2 is 1.95 bits per heavy atom. The Morgan fingerprint density at radius 3 is 2.45 bits per heavy atom. The molecule has 1 aromatic carbocycles. The first-order chi connectivity index (χ1) is 8.98. The van der Waals surface area contributed by atoms with Crippen molar-refractivity contribution < 1.29 is 18.3 Å². The zero-order chi connectivity index (χ0) is 15.6. The van der Waals surface area contributed by atoms with Crippen molar-refractivity contribution in [2.75, 3.05) is 18.1 Å². The largest absolute Gasteiger partial charge is 0.478 e. The Morgan fingerprint density at radius 1 is 1.35 bits per heavy atom. The predicted molar refractivity (Wildman–Crippen MR) is 81.6 cm³/mol. The second kappa shape index (κ2) is 6.11. The number of hydrogen-bond acceptors (Lipinski definition) is 4. The van der Waals surface area contributed by atoms with Crippen LogP contribution in [-0.2, 0) is 10.0 Å². The average molecular weight is 365 g/mol. The maximum Gasteiger partial charge on any atom is 0.335 e. The van der Waals surface area contributed by atoms with Crippen molar-refractivity contribution in [2.45, 2.75) is 19.4 Å². The van der Waals surface area contributed by atoms with Gasteiger partial charge in [-0.05, 0) is 32.0 Å². The molecule has 8 heteroatoms. The van der Waals surface area contributed by atoms with Gasteiger partial charge in [0.1, 0.15) is 0 Å². The Bertz CT molecular complexity index is 614. The fraction of sp³-hybridized carbons (Fsp3) is 0.417. The normalized spacial score (nSPS) is 12.2. The van der Waals surface area contributed by atoms with Gasteiger partial charge in [-0.1, -0.05) is 15.9 Å². The van der Waals surface area contributed by atoms with Gasteiger partial charge in [-0.25, -0.2) is 17.9 Å². The van der Waals surface area contributed by atoms with Crippen LogP contribution in [0.25, 0.3) is 0 Å². The summed E-state index contributed by atoms with van der Waals surface area (Å²) in [4.78, 5) is 11.0. The number of rotatable bonds is 6. The highest BCUT2D eigenvalue weighted by atomic mass is 79.9. The summed E-state index contributed by atoms with van der Waals surface area (Å²) in [6, 6.07) is 4.71. The van der Waals surface area contributed by atoms with Crippen molar-refractivity contribution in [3.63, 3.8) is 0 Å². The van der Waals surface area contributed by atoms with E-state index in [1.807, 2.05) is 0 Å². The van der Waals surface area contributed by atoms with Crippen LogP contribution in [0.15, 0.2) is 22.7 Å². The molecular weight excluding hydrogens is 348 g/mol. The molecular formula is C12H17BrN2O4S. The van der Waals surface area contributed by atoms with Crippen molar-refractivity contribution in [1.82, 2.24) is 4.72 Å². The topological polar surface area (TPSA) is 95.5 Å². The van der Waals surface area contributed by atoms with Crippen LogP contribution in [0.4, 0.5) is 5.69 Å². The minimum atomic E-state index is -3.31. The Labute approximate surface area is 126 Å². The van der Waals surface area contributed by atoms with Crippen LogP contribution in [0.3, 0.4) is 0 Å². The number of carboxylic acids is 1. The summed E-state index contributed by atoms with van der Waals surface area (Å²) in [7, 11) is -3.31. The molecule has 0 radical (unpaired) electrons. The van der Waals surface area contributed by atoms with Crippen molar-refractivity contribution in [1.29, 1.82) is 0 Å². The Hall–Kier alpha value is -1.12. The first kappa shape index (κ1) is 16.9. The molecule has 1 aromatic rings. The molecule has 6 nitrogen and oxygen atoms in total. The maximum atomic E-state index is 11.2. The summed E-state index contributed by atoms with van der Waals surface area (Å²) in [6.07, 6.45) is 1.09. The van der Waals surface area contributed by atoms with Crippen LogP contribution in [0.5, 0.6) is 0 Å². The van der Waals surface area contributed by atoms with Crippen LogP contribution >= 0.6 is 15.9 Å². The molecule has 0 heterocycles. The van der Waals surface area contributed by atoms with Gasteiger partial charge in [-0.3, -0.25) is 0 Å². The molecule has 0 aliphatic heterocycles. The molecule has 1 rings (SSSR count). The van der Waals surface area contributed by atoms with Gasteiger partial charge in [0, 0.05) is 22.2 Å². The molecule has 0 aliphatic rings. The fourth-order valence-corrected chi connectivity index (χ4v) is 3.25. The zero-order valence-corrected chi connectivity index (χ0v) is 13.8. The third kappa shape index (κ3) is 5.89. The molecule has 0 fully saturated rings. The van der Waals surface area contributed by atoms with Gasteiger partial charge in [-0.15, -0.1) is 0 Å². The molecule has 20 heavy (non-hydrogen) atoms. The van der Waals surface area contributed by atoms with E-state index in [0.29, 0.717) is 16.7 Å². The molecule has 0 bridgehead atoms. The van der Waals surface area contributed by atoms with Crippen LogP contribution in [-0.4, -0.2) is 37.8 Å². The average Bonchev–Trinajstić information content (AvgIpc) is 2.22. The maximum absolute atomic E-state index is 11.2. The lowest BCUT2D eigenvalue weighted by atomic mass is 10.1. The summed E-state index contributed by atoms with van der Waals surface area (Å²) < 4.78 is 25.6. The van der Waals surface area contributed by atoms with Crippen molar-refractivity contribution in [2.24, 2.45) is 0 Å². The van der Waals surface area contributed by atoms with Crippen molar-refractivity contribution in [3.8, 4) is 0 Å². The van der Waals surface area contributed by atoms with E-state index in [2.05, 4.69) is 26.0 Å². The smallest absolute Gasteiger partial charge is 0.335 e. The third-order valence-electron chi connectivity index (χ3n) is 2.34. The highest BCUT2D eigenvalue weighted by Gasteiger charge is 2.21. The minimum Gasteiger partial charge on any atom is -0.478 e. The number of hydrogen-bond donors (Lipinski definition) is 3. The van der Waals surface area contributed by atoms with E-state index in [1.165, 1.54) is 12.1 Å². The lowest BCUT2D eigenvalue weighted by Crippen LogP contribution is -2.47. The fourth-order valence-electron chi connectivity index (χ4n) is 1.68. The first-order valence-electron chi connectivity index (χ1n) is 5.75. The summed E-state index contributed by atoms with van der Waals surface area (Å²) in [5, 5.41) is 12.0. The SMILES string of the molecule is CC(C)(CNc1cc(Br)cc(C(=O)O)c1)NS(C)(=O)=O. The van der Waals surface area contributed by atoms with Gasteiger partial charge < -0.3 is 10.4 Å². The number of carbonyl (C=O) groups is 1. The second-order valence-corrected chi connectivity index (χ2v) is 7.81. The van der Waals surface area contributed by atoms with Crippen molar-refractivity contribution >= 4 is 37.6 Å². The summed E-state index contributed by atoms with van der Waals surface area (Å²) in [5.41, 5.74) is 0.0511. The highest BCUT2D eigenvalue weighted by molar-refractivity contribution is 9.10. The Kier molecular flexibility index (Phi) is 5.17. The minimum absolute atomic E-state index is 0.149. The molecule has 0 unspecified atom stereocenters. The van der Waals surface area contributed by atoms with Gasteiger partial charge >= 0.3 is 5.97 Å². The number of benzene rings is 1. The molecule has 0 spiro atoms. The lowest BCUT2D eigenvalue weighted by molar-refractivity contribution is 0.0697. The predicted octanol–water partition coefficient (Wildman–Crippen LogP) is 1.89. The van der Waals surface area contributed by atoms with E-state index < -0.39 is 21.5 Å². The number of carboxylic acid groups (broad SMARTS) is 1. The monoisotopic (exact) mass is 364 g/mol. The summed E-state index contributed by atoms with van der Waals surface area (Å²) in [5.74, 6) is -1.03. The second-order valence-electron chi connectivity index (χ2n) is 5.15. The quantitative estimate of drug-likeness (QED) is 0.716. The number of anilines is 1. The lowest BCUT2D eigenvalue weighted by Gasteiger charge is -2.26. The number of nitrogens with one attached hydrogen (secondary N) is 2. The molecule has 0 saturated carbocycles.